The first kappa shape index (κ1) is 12.2. The van der Waals surface area contributed by atoms with Gasteiger partial charge in [-0.05, 0) is 37.7 Å². The summed E-state index contributed by atoms with van der Waals surface area (Å²) in [5.41, 5.74) is 1.07. The second kappa shape index (κ2) is 6.56. The molecule has 0 aromatic carbocycles. The Labute approximate surface area is 95.2 Å². The second-order valence-corrected chi connectivity index (χ2v) is 3.74. The van der Waals surface area contributed by atoms with Crippen molar-refractivity contribution in [2.45, 2.75) is 26.2 Å². The van der Waals surface area contributed by atoms with E-state index in [2.05, 4.69) is 5.32 Å². The van der Waals surface area contributed by atoms with E-state index in [0.717, 1.165) is 18.7 Å². The molecule has 0 amide bonds. The minimum Gasteiger partial charge on any atom is -0.487 e. The number of halogens is 1. The number of thiocarbonyl (C=S) groups is 1. The van der Waals surface area contributed by atoms with E-state index < -0.39 is 0 Å². The third-order valence-electron chi connectivity index (χ3n) is 2.09. The van der Waals surface area contributed by atoms with Crippen LogP contribution in [0.4, 0.5) is 4.39 Å². The van der Waals surface area contributed by atoms with Gasteiger partial charge in [0.15, 0.2) is 5.05 Å². The van der Waals surface area contributed by atoms with Gasteiger partial charge < -0.3 is 10.1 Å². The third-order valence-corrected chi connectivity index (χ3v) is 2.41. The molecule has 1 N–H and O–H groups in total. The zero-order valence-corrected chi connectivity index (χ0v) is 9.70. The molecule has 0 aliphatic heterocycles. The first-order valence-electron chi connectivity index (χ1n) is 5.17. The Balaban J connectivity index is 2.18. The van der Waals surface area contributed by atoms with Gasteiger partial charge in [-0.2, -0.15) is 0 Å². The molecule has 15 heavy (non-hydrogen) atoms. The van der Waals surface area contributed by atoms with E-state index in [-0.39, 0.29) is 5.83 Å². The zero-order valence-electron chi connectivity index (χ0n) is 8.88. The molecule has 0 heterocycles. The molecule has 0 fully saturated rings. The van der Waals surface area contributed by atoms with Gasteiger partial charge in [-0.1, -0.05) is 0 Å². The maximum absolute atomic E-state index is 12.7. The van der Waals surface area contributed by atoms with Crippen LogP contribution in [0.2, 0.25) is 0 Å². The fraction of sp³-hybridized carbons (Fsp3) is 0.545. The monoisotopic (exact) mass is 229 g/mol. The lowest BCUT2D eigenvalue weighted by Gasteiger charge is -2.13. The van der Waals surface area contributed by atoms with Crippen LogP contribution < -0.4 is 5.32 Å². The van der Waals surface area contributed by atoms with Crippen LogP contribution in [0.3, 0.4) is 0 Å². The van der Waals surface area contributed by atoms with Crippen molar-refractivity contribution in [2.75, 3.05) is 13.2 Å². The van der Waals surface area contributed by atoms with E-state index in [1.54, 1.807) is 6.08 Å². The number of ether oxygens (including phenoxy) is 1. The summed E-state index contributed by atoms with van der Waals surface area (Å²) in [4.78, 5) is 0. The van der Waals surface area contributed by atoms with Gasteiger partial charge in [-0.25, -0.2) is 4.39 Å². The van der Waals surface area contributed by atoms with Crippen molar-refractivity contribution in [3.05, 3.63) is 23.7 Å². The molecule has 84 valence electrons. The fourth-order valence-corrected chi connectivity index (χ4v) is 1.54. The molecule has 0 spiro atoms. The van der Waals surface area contributed by atoms with Crippen LogP contribution in [0.1, 0.15) is 26.2 Å². The summed E-state index contributed by atoms with van der Waals surface area (Å²) in [5.74, 6) is -0.0506. The van der Waals surface area contributed by atoms with Crippen LogP contribution in [-0.2, 0) is 4.74 Å². The lowest BCUT2D eigenvalue weighted by molar-refractivity contribution is 0.327. The molecule has 0 bridgehead atoms. The summed E-state index contributed by atoms with van der Waals surface area (Å²) in [6, 6.07) is 0. The lowest BCUT2D eigenvalue weighted by Crippen LogP contribution is -2.19. The molecule has 0 radical (unpaired) electrons. The maximum Gasteiger partial charge on any atom is 0.161 e. The lowest BCUT2D eigenvalue weighted by atomic mass is 10.1. The summed E-state index contributed by atoms with van der Waals surface area (Å²) in [6.07, 6.45) is 5.24. The van der Waals surface area contributed by atoms with E-state index in [1.807, 2.05) is 6.92 Å². The van der Waals surface area contributed by atoms with E-state index in [4.69, 9.17) is 17.0 Å². The molecule has 0 aromatic rings. The van der Waals surface area contributed by atoms with Gasteiger partial charge in [-0.3, -0.25) is 0 Å². The first-order valence-corrected chi connectivity index (χ1v) is 5.58. The predicted molar refractivity (Wildman–Crippen MR) is 63.4 cm³/mol. The number of hydrogen-bond donors (Lipinski definition) is 1. The Morgan fingerprint density at radius 1 is 1.53 bits per heavy atom. The molecule has 4 heteroatoms. The molecule has 0 unspecified atom stereocenters. The molecule has 1 rings (SSSR count). The summed E-state index contributed by atoms with van der Waals surface area (Å²) in [7, 11) is 0. The highest BCUT2D eigenvalue weighted by Crippen LogP contribution is 2.16. The standard InChI is InChI=1S/C11H16FNOS/c1-2-14-11(15)7-8-13-10-5-3-9(12)4-6-10/h3,5,13H,2,4,6-8H2,1H3. The Hall–Kier alpha value is -0.900. The third kappa shape index (κ3) is 4.93. The Kier molecular flexibility index (Phi) is 5.32. The number of rotatable bonds is 5. The second-order valence-electron chi connectivity index (χ2n) is 3.29. The molecule has 2 nitrogen and oxygen atoms in total. The van der Waals surface area contributed by atoms with Crippen LogP contribution >= 0.6 is 12.2 Å². The molecule has 0 saturated heterocycles. The summed E-state index contributed by atoms with van der Waals surface area (Å²) < 4.78 is 17.8. The molecule has 1 aliphatic rings. The average molecular weight is 229 g/mol. The molecular weight excluding hydrogens is 213 g/mol. The van der Waals surface area contributed by atoms with Crippen LogP contribution in [0.15, 0.2) is 23.7 Å². The first-order chi connectivity index (χ1) is 7.22. The highest BCUT2D eigenvalue weighted by atomic mass is 32.1. The highest BCUT2D eigenvalue weighted by Gasteiger charge is 2.05. The van der Waals surface area contributed by atoms with E-state index in [9.17, 15) is 4.39 Å². The quantitative estimate of drug-likeness (QED) is 0.732. The topological polar surface area (TPSA) is 21.3 Å². The fourth-order valence-electron chi connectivity index (χ4n) is 1.32. The zero-order chi connectivity index (χ0) is 11.1. The van der Waals surface area contributed by atoms with E-state index >= 15 is 0 Å². The van der Waals surface area contributed by atoms with Crippen molar-refractivity contribution >= 4 is 17.3 Å². The van der Waals surface area contributed by atoms with Crippen LogP contribution in [0, 0.1) is 0 Å². The van der Waals surface area contributed by atoms with Crippen molar-refractivity contribution in [1.29, 1.82) is 0 Å². The average Bonchev–Trinajstić information content (AvgIpc) is 2.21. The molecule has 0 atom stereocenters. The van der Waals surface area contributed by atoms with Gasteiger partial charge in [0.1, 0.15) is 5.83 Å². The van der Waals surface area contributed by atoms with Crippen LogP contribution in [0.5, 0.6) is 0 Å². The van der Waals surface area contributed by atoms with Crippen molar-refractivity contribution in [3.8, 4) is 0 Å². The minimum absolute atomic E-state index is 0.0506. The Morgan fingerprint density at radius 2 is 2.33 bits per heavy atom. The van der Waals surface area contributed by atoms with Crippen LogP contribution in [0.25, 0.3) is 0 Å². The van der Waals surface area contributed by atoms with E-state index in [0.29, 0.717) is 24.5 Å². The molecule has 0 aromatic heterocycles. The summed E-state index contributed by atoms with van der Waals surface area (Å²) >= 11 is 4.99. The predicted octanol–water partition coefficient (Wildman–Crippen LogP) is 2.86. The molecule has 1 aliphatic carbocycles. The van der Waals surface area contributed by atoms with Gasteiger partial charge in [0.2, 0.25) is 0 Å². The van der Waals surface area contributed by atoms with Gasteiger partial charge in [0.25, 0.3) is 0 Å². The Morgan fingerprint density at radius 3 is 2.93 bits per heavy atom. The summed E-state index contributed by atoms with van der Waals surface area (Å²) in [6.45, 7) is 3.28. The van der Waals surface area contributed by atoms with Gasteiger partial charge in [0.05, 0.1) is 6.61 Å². The van der Waals surface area contributed by atoms with Crippen LogP contribution in [-0.4, -0.2) is 18.2 Å². The molecule has 0 saturated carbocycles. The normalized spacial score (nSPS) is 15.3. The van der Waals surface area contributed by atoms with Crippen molar-refractivity contribution in [1.82, 2.24) is 5.32 Å². The van der Waals surface area contributed by atoms with Gasteiger partial charge >= 0.3 is 0 Å². The van der Waals surface area contributed by atoms with Gasteiger partial charge in [-0.15, -0.1) is 0 Å². The van der Waals surface area contributed by atoms with Crippen molar-refractivity contribution in [2.24, 2.45) is 0 Å². The minimum atomic E-state index is -0.0506. The smallest absolute Gasteiger partial charge is 0.161 e. The maximum atomic E-state index is 12.7. The van der Waals surface area contributed by atoms with Crippen molar-refractivity contribution < 1.29 is 9.13 Å². The summed E-state index contributed by atoms with van der Waals surface area (Å²) in [5, 5.41) is 3.84. The van der Waals surface area contributed by atoms with E-state index in [1.165, 1.54) is 6.08 Å². The number of nitrogens with one attached hydrogen (secondary N) is 1. The highest BCUT2D eigenvalue weighted by molar-refractivity contribution is 7.80. The van der Waals surface area contributed by atoms with Crippen molar-refractivity contribution in [3.63, 3.8) is 0 Å². The Bertz CT molecular complexity index is 286. The van der Waals surface area contributed by atoms with Gasteiger partial charge in [0, 0.05) is 25.1 Å². The molecular formula is C11H16FNOS. The SMILES string of the molecule is CCOC(=S)CCNC1=CC=C(F)CC1. The largest absolute Gasteiger partial charge is 0.487 e. The number of allylic oxidation sites excluding steroid dienone is 4. The number of hydrogen-bond acceptors (Lipinski definition) is 3.